The summed E-state index contributed by atoms with van der Waals surface area (Å²) < 4.78 is 6.02. The molecule has 1 aliphatic rings. The maximum atomic E-state index is 6.21. The summed E-state index contributed by atoms with van der Waals surface area (Å²) in [5.74, 6) is 0. The van der Waals surface area contributed by atoms with Crippen molar-refractivity contribution < 1.29 is 4.74 Å². The monoisotopic (exact) mass is 285 g/mol. The molecule has 1 saturated heterocycles. The van der Waals surface area contributed by atoms with Gasteiger partial charge in [0, 0.05) is 18.7 Å². The zero-order chi connectivity index (χ0) is 15.2. The molecule has 0 aromatic heterocycles. The molecule has 1 fully saturated rings. The van der Waals surface area contributed by atoms with Crippen LogP contribution < -0.4 is 5.73 Å². The van der Waals surface area contributed by atoms with Crippen LogP contribution in [0.3, 0.4) is 0 Å². The van der Waals surface area contributed by atoms with Crippen LogP contribution in [0.25, 0.3) is 0 Å². The van der Waals surface area contributed by atoms with E-state index in [0.29, 0.717) is 0 Å². The second-order valence-electron chi connectivity index (χ2n) is 6.74. The Balaban J connectivity index is 2.73. The molecule has 2 atom stereocenters. The van der Waals surface area contributed by atoms with Gasteiger partial charge in [0.1, 0.15) is 0 Å². The first kappa shape index (κ1) is 17.9. The van der Waals surface area contributed by atoms with Crippen LogP contribution in [-0.4, -0.2) is 67.8 Å². The molecule has 0 aromatic carbocycles. The molecular weight excluding hydrogens is 250 g/mol. The second-order valence-corrected chi connectivity index (χ2v) is 6.74. The van der Waals surface area contributed by atoms with Crippen molar-refractivity contribution in [3.05, 3.63) is 0 Å². The maximum absolute atomic E-state index is 6.21. The highest BCUT2D eigenvalue weighted by atomic mass is 16.5. The Morgan fingerprint density at radius 3 is 2.40 bits per heavy atom. The molecule has 2 N–H and O–H groups in total. The number of ether oxygens (including phenoxy) is 1. The molecular formula is C16H35N3O. The Bertz CT molecular complexity index is 285. The number of nitrogens with zero attached hydrogens (tertiary/aromatic N) is 2. The fourth-order valence-corrected chi connectivity index (χ4v) is 3.43. The van der Waals surface area contributed by atoms with E-state index in [1.165, 1.54) is 6.42 Å². The molecule has 1 rings (SSSR count). The summed E-state index contributed by atoms with van der Waals surface area (Å²) in [6.07, 6.45) is 4.38. The standard InChI is InChI=1S/C16H35N3O/c1-6-15(3)13-16(14-17,9-12-20-15)19(7-2)11-8-10-18(4)5/h6-14,17H2,1-5H3. The van der Waals surface area contributed by atoms with E-state index in [4.69, 9.17) is 10.5 Å². The van der Waals surface area contributed by atoms with Gasteiger partial charge in [-0.25, -0.2) is 0 Å². The van der Waals surface area contributed by atoms with Crippen molar-refractivity contribution in [3.63, 3.8) is 0 Å². The summed E-state index contributed by atoms with van der Waals surface area (Å²) in [6.45, 7) is 11.6. The normalized spacial score (nSPS) is 31.2. The minimum Gasteiger partial charge on any atom is -0.375 e. The number of rotatable bonds is 8. The van der Waals surface area contributed by atoms with Crippen molar-refractivity contribution >= 4 is 0 Å². The lowest BCUT2D eigenvalue weighted by Crippen LogP contribution is -2.61. The van der Waals surface area contributed by atoms with Crippen molar-refractivity contribution in [2.45, 2.75) is 57.6 Å². The van der Waals surface area contributed by atoms with Crippen LogP contribution >= 0.6 is 0 Å². The summed E-state index contributed by atoms with van der Waals surface area (Å²) in [6, 6.07) is 0. The molecule has 0 radical (unpaired) electrons. The van der Waals surface area contributed by atoms with Crippen LogP contribution in [0.5, 0.6) is 0 Å². The van der Waals surface area contributed by atoms with Crippen LogP contribution in [-0.2, 0) is 4.74 Å². The van der Waals surface area contributed by atoms with Crippen molar-refractivity contribution in [3.8, 4) is 0 Å². The van der Waals surface area contributed by atoms with Gasteiger partial charge in [0.2, 0.25) is 0 Å². The molecule has 0 bridgehead atoms. The van der Waals surface area contributed by atoms with Gasteiger partial charge in [-0.15, -0.1) is 0 Å². The zero-order valence-corrected chi connectivity index (χ0v) is 14.2. The first-order valence-corrected chi connectivity index (χ1v) is 8.15. The first-order chi connectivity index (χ1) is 9.41. The van der Waals surface area contributed by atoms with Gasteiger partial charge in [0.25, 0.3) is 0 Å². The van der Waals surface area contributed by atoms with E-state index >= 15 is 0 Å². The fourth-order valence-electron chi connectivity index (χ4n) is 3.43. The molecule has 1 heterocycles. The van der Waals surface area contributed by atoms with Crippen LogP contribution in [0.2, 0.25) is 0 Å². The molecule has 0 aromatic rings. The highest BCUT2D eigenvalue weighted by molar-refractivity contribution is 5.00. The summed E-state index contributed by atoms with van der Waals surface area (Å²) in [5.41, 5.74) is 6.34. The number of hydrogen-bond donors (Lipinski definition) is 1. The maximum Gasteiger partial charge on any atom is 0.0670 e. The van der Waals surface area contributed by atoms with Crippen molar-refractivity contribution in [2.24, 2.45) is 5.73 Å². The summed E-state index contributed by atoms with van der Waals surface area (Å²) >= 11 is 0. The molecule has 0 amide bonds. The third kappa shape index (κ3) is 4.42. The number of hydrogen-bond acceptors (Lipinski definition) is 4. The number of likely N-dealkylation sites (N-methyl/N-ethyl adjacent to an activating group) is 1. The van der Waals surface area contributed by atoms with Crippen LogP contribution in [0.1, 0.15) is 46.5 Å². The highest BCUT2D eigenvalue weighted by Crippen LogP contribution is 2.37. The predicted octanol–water partition coefficient (Wildman–Crippen LogP) is 1.94. The minimum atomic E-state index is -0.00735. The molecule has 120 valence electrons. The predicted molar refractivity (Wildman–Crippen MR) is 86.1 cm³/mol. The van der Waals surface area contributed by atoms with Crippen LogP contribution in [0, 0.1) is 0 Å². The molecule has 4 heteroatoms. The van der Waals surface area contributed by atoms with E-state index in [-0.39, 0.29) is 11.1 Å². The lowest BCUT2D eigenvalue weighted by Gasteiger charge is -2.51. The number of nitrogens with two attached hydrogens (primary N) is 1. The molecule has 4 nitrogen and oxygen atoms in total. The average molecular weight is 285 g/mol. The Labute approximate surface area is 125 Å². The SMILES string of the molecule is CCN(CCCN(C)C)C1(CN)CCOC(C)(CC)C1. The van der Waals surface area contributed by atoms with E-state index < -0.39 is 0 Å². The van der Waals surface area contributed by atoms with Crippen molar-refractivity contribution in [1.29, 1.82) is 0 Å². The third-order valence-electron chi connectivity index (χ3n) is 4.93. The molecule has 1 aliphatic heterocycles. The Morgan fingerprint density at radius 1 is 1.20 bits per heavy atom. The van der Waals surface area contributed by atoms with Crippen molar-refractivity contribution in [1.82, 2.24) is 9.80 Å². The molecule has 0 aliphatic carbocycles. The molecule has 20 heavy (non-hydrogen) atoms. The lowest BCUT2D eigenvalue weighted by atomic mass is 9.77. The van der Waals surface area contributed by atoms with E-state index in [2.05, 4.69) is 44.7 Å². The minimum absolute atomic E-state index is 0.00735. The third-order valence-corrected chi connectivity index (χ3v) is 4.93. The van der Waals surface area contributed by atoms with Crippen LogP contribution in [0.4, 0.5) is 0 Å². The molecule has 0 saturated carbocycles. The Morgan fingerprint density at radius 2 is 1.90 bits per heavy atom. The smallest absolute Gasteiger partial charge is 0.0670 e. The van der Waals surface area contributed by atoms with Crippen LogP contribution in [0.15, 0.2) is 0 Å². The zero-order valence-electron chi connectivity index (χ0n) is 14.2. The molecule has 2 unspecified atom stereocenters. The van der Waals surface area contributed by atoms with Gasteiger partial charge in [-0.2, -0.15) is 0 Å². The van der Waals surface area contributed by atoms with E-state index in [1.54, 1.807) is 0 Å². The summed E-state index contributed by atoms with van der Waals surface area (Å²) in [4.78, 5) is 4.86. The molecule has 0 spiro atoms. The van der Waals surface area contributed by atoms with Gasteiger partial charge in [-0.3, -0.25) is 4.90 Å². The second kappa shape index (κ2) is 7.74. The van der Waals surface area contributed by atoms with E-state index in [1.807, 2.05) is 0 Å². The highest BCUT2D eigenvalue weighted by Gasteiger charge is 2.44. The fraction of sp³-hybridized carbons (Fsp3) is 1.00. The first-order valence-electron chi connectivity index (χ1n) is 8.15. The Kier molecular flexibility index (Phi) is 6.92. The summed E-state index contributed by atoms with van der Waals surface area (Å²) in [7, 11) is 4.27. The summed E-state index contributed by atoms with van der Waals surface area (Å²) in [5, 5.41) is 0. The quantitative estimate of drug-likeness (QED) is 0.740. The topological polar surface area (TPSA) is 41.7 Å². The van der Waals surface area contributed by atoms with E-state index in [9.17, 15) is 0 Å². The van der Waals surface area contributed by atoms with Gasteiger partial charge in [0.15, 0.2) is 0 Å². The van der Waals surface area contributed by atoms with E-state index in [0.717, 1.165) is 52.0 Å². The average Bonchev–Trinajstić information content (AvgIpc) is 2.43. The van der Waals surface area contributed by atoms with Gasteiger partial charge >= 0.3 is 0 Å². The lowest BCUT2D eigenvalue weighted by molar-refractivity contribution is -0.128. The van der Waals surface area contributed by atoms with Gasteiger partial charge in [-0.1, -0.05) is 13.8 Å². The van der Waals surface area contributed by atoms with Crippen molar-refractivity contribution in [2.75, 3.05) is 46.9 Å². The Hall–Kier alpha value is -0.160. The van der Waals surface area contributed by atoms with Gasteiger partial charge in [-0.05, 0) is 66.3 Å². The van der Waals surface area contributed by atoms with Gasteiger partial charge in [0.05, 0.1) is 5.60 Å². The largest absolute Gasteiger partial charge is 0.375 e. The van der Waals surface area contributed by atoms with Gasteiger partial charge < -0.3 is 15.4 Å².